The summed E-state index contributed by atoms with van der Waals surface area (Å²) < 4.78 is 16.2. The first-order valence-corrected chi connectivity index (χ1v) is 9.44. The van der Waals surface area contributed by atoms with Crippen LogP contribution in [0.25, 0.3) is 16.8 Å². The number of hydrogen-bond acceptors (Lipinski definition) is 3. The Bertz CT molecular complexity index is 1230. The molecule has 0 aliphatic rings. The maximum Gasteiger partial charge on any atom is 0.276 e. The fraction of sp³-hybridized carbons (Fsp3) is 0.217. The maximum absolute atomic E-state index is 13.2. The van der Waals surface area contributed by atoms with E-state index >= 15 is 0 Å². The zero-order valence-corrected chi connectivity index (χ0v) is 16.6. The van der Waals surface area contributed by atoms with E-state index in [4.69, 9.17) is 0 Å². The molecule has 1 atom stereocenters. The number of benzene rings is 2. The lowest BCUT2D eigenvalue weighted by Crippen LogP contribution is -2.24. The SMILES string of the molecule is Cc1cc(C)c(C(O)Cn2ccn3nc(-c4ccc(F)cc4)cc3c2=O)c(C)c1. The molecule has 1 N–H and O–H groups in total. The van der Waals surface area contributed by atoms with Crippen LogP contribution in [-0.2, 0) is 6.54 Å². The first kappa shape index (κ1) is 19.1. The molecular formula is C23H22FN3O2. The monoisotopic (exact) mass is 391 g/mol. The van der Waals surface area contributed by atoms with Crippen molar-refractivity contribution >= 4 is 5.52 Å². The van der Waals surface area contributed by atoms with Crippen molar-refractivity contribution in [3.63, 3.8) is 0 Å². The fourth-order valence-corrected chi connectivity index (χ4v) is 3.93. The minimum atomic E-state index is -0.796. The van der Waals surface area contributed by atoms with Crippen LogP contribution in [0.1, 0.15) is 28.4 Å². The van der Waals surface area contributed by atoms with Crippen molar-refractivity contribution < 1.29 is 9.50 Å². The number of aliphatic hydroxyl groups is 1. The molecule has 0 saturated carbocycles. The van der Waals surface area contributed by atoms with Gasteiger partial charge in [0.25, 0.3) is 5.56 Å². The van der Waals surface area contributed by atoms with Gasteiger partial charge in [0, 0.05) is 18.0 Å². The third-order valence-electron chi connectivity index (χ3n) is 5.18. The lowest BCUT2D eigenvalue weighted by atomic mass is 9.95. The molecule has 0 aliphatic heterocycles. The third-order valence-corrected chi connectivity index (χ3v) is 5.18. The molecular weight excluding hydrogens is 369 g/mol. The largest absolute Gasteiger partial charge is 0.387 e. The molecule has 0 spiro atoms. The minimum absolute atomic E-state index is 0.150. The molecule has 2 heterocycles. The predicted molar refractivity (Wildman–Crippen MR) is 110 cm³/mol. The summed E-state index contributed by atoms with van der Waals surface area (Å²) in [5, 5.41) is 15.2. The van der Waals surface area contributed by atoms with Crippen molar-refractivity contribution in [1.29, 1.82) is 0 Å². The van der Waals surface area contributed by atoms with Crippen LogP contribution in [0.2, 0.25) is 0 Å². The van der Waals surface area contributed by atoms with Gasteiger partial charge >= 0.3 is 0 Å². The van der Waals surface area contributed by atoms with Crippen LogP contribution in [0.5, 0.6) is 0 Å². The average molecular weight is 391 g/mol. The molecule has 148 valence electrons. The third kappa shape index (κ3) is 3.59. The predicted octanol–water partition coefficient (Wildman–Crippen LogP) is 3.96. The summed E-state index contributed by atoms with van der Waals surface area (Å²) in [7, 11) is 0. The van der Waals surface area contributed by atoms with Crippen molar-refractivity contribution in [2.45, 2.75) is 33.4 Å². The Labute approximate surface area is 167 Å². The summed E-state index contributed by atoms with van der Waals surface area (Å²) in [6.07, 6.45) is 2.51. The van der Waals surface area contributed by atoms with Crippen LogP contribution in [0.3, 0.4) is 0 Å². The minimum Gasteiger partial charge on any atom is -0.387 e. The lowest BCUT2D eigenvalue weighted by Gasteiger charge is -2.18. The van der Waals surface area contributed by atoms with Gasteiger partial charge in [0.1, 0.15) is 11.3 Å². The molecule has 4 rings (SSSR count). The van der Waals surface area contributed by atoms with E-state index in [0.29, 0.717) is 11.2 Å². The smallest absolute Gasteiger partial charge is 0.276 e. The summed E-state index contributed by atoms with van der Waals surface area (Å²) in [6.45, 7) is 6.11. The molecule has 6 heteroatoms. The highest BCUT2D eigenvalue weighted by Gasteiger charge is 2.16. The number of halogens is 1. The number of aliphatic hydroxyl groups excluding tert-OH is 1. The van der Waals surface area contributed by atoms with E-state index in [1.165, 1.54) is 21.2 Å². The number of fused-ring (bicyclic) bond motifs is 1. The van der Waals surface area contributed by atoms with Gasteiger partial charge in [0.2, 0.25) is 0 Å². The highest BCUT2D eigenvalue weighted by atomic mass is 19.1. The van der Waals surface area contributed by atoms with Crippen molar-refractivity contribution in [2.75, 3.05) is 0 Å². The zero-order valence-electron chi connectivity index (χ0n) is 16.6. The molecule has 0 saturated heterocycles. The van der Waals surface area contributed by atoms with Crippen molar-refractivity contribution in [3.8, 4) is 11.3 Å². The molecule has 2 aromatic heterocycles. The van der Waals surface area contributed by atoms with E-state index in [0.717, 1.165) is 27.8 Å². The first-order valence-electron chi connectivity index (χ1n) is 9.44. The second kappa shape index (κ2) is 7.29. The Morgan fingerprint density at radius 3 is 2.34 bits per heavy atom. The van der Waals surface area contributed by atoms with Crippen molar-refractivity contribution in [2.24, 2.45) is 0 Å². The number of hydrogen-bond donors (Lipinski definition) is 1. The molecule has 4 aromatic rings. The summed E-state index contributed by atoms with van der Waals surface area (Å²) >= 11 is 0. The molecule has 0 amide bonds. The van der Waals surface area contributed by atoms with Gasteiger partial charge in [-0.05, 0) is 67.8 Å². The second-order valence-corrected chi connectivity index (χ2v) is 7.45. The maximum atomic E-state index is 13.2. The summed E-state index contributed by atoms with van der Waals surface area (Å²) in [4.78, 5) is 12.9. The standard InChI is InChI=1S/C23H22FN3O2/c1-14-10-15(2)22(16(3)11-14)21(28)13-26-8-9-27-20(23(26)29)12-19(25-27)17-4-6-18(24)7-5-17/h4-12,21,28H,13H2,1-3H3. The Kier molecular flexibility index (Phi) is 4.80. The highest BCUT2D eigenvalue weighted by molar-refractivity contribution is 5.65. The van der Waals surface area contributed by atoms with Crippen LogP contribution in [0.4, 0.5) is 4.39 Å². The zero-order chi connectivity index (χ0) is 20.7. The van der Waals surface area contributed by atoms with Gasteiger partial charge in [-0.15, -0.1) is 0 Å². The molecule has 0 bridgehead atoms. The number of aryl methyl sites for hydroxylation is 3. The van der Waals surface area contributed by atoms with E-state index in [1.54, 1.807) is 30.6 Å². The van der Waals surface area contributed by atoms with Gasteiger partial charge in [0.05, 0.1) is 18.3 Å². The topological polar surface area (TPSA) is 59.5 Å². The summed E-state index contributed by atoms with van der Waals surface area (Å²) in [5.41, 5.74) is 5.48. The summed E-state index contributed by atoms with van der Waals surface area (Å²) in [6, 6.07) is 11.7. The average Bonchev–Trinajstić information content (AvgIpc) is 3.09. The Balaban J connectivity index is 1.69. The van der Waals surface area contributed by atoms with Crippen molar-refractivity contribution in [1.82, 2.24) is 14.2 Å². The van der Waals surface area contributed by atoms with Gasteiger partial charge in [0.15, 0.2) is 0 Å². The van der Waals surface area contributed by atoms with E-state index < -0.39 is 6.10 Å². The molecule has 0 fully saturated rings. The van der Waals surface area contributed by atoms with Gasteiger partial charge in [-0.1, -0.05) is 17.7 Å². The highest BCUT2D eigenvalue weighted by Crippen LogP contribution is 2.25. The first-order chi connectivity index (χ1) is 13.8. The molecule has 0 aliphatic carbocycles. The second-order valence-electron chi connectivity index (χ2n) is 7.45. The lowest BCUT2D eigenvalue weighted by molar-refractivity contribution is 0.153. The number of rotatable bonds is 4. The van der Waals surface area contributed by atoms with Crippen LogP contribution in [0, 0.1) is 26.6 Å². The van der Waals surface area contributed by atoms with Crippen LogP contribution in [0.15, 0.2) is 59.7 Å². The molecule has 5 nitrogen and oxygen atoms in total. The molecule has 2 aromatic carbocycles. The van der Waals surface area contributed by atoms with E-state index in [-0.39, 0.29) is 17.9 Å². The van der Waals surface area contributed by atoms with Crippen LogP contribution in [-0.4, -0.2) is 19.3 Å². The van der Waals surface area contributed by atoms with Gasteiger partial charge in [-0.2, -0.15) is 5.10 Å². The number of aromatic nitrogens is 3. The van der Waals surface area contributed by atoms with Crippen LogP contribution >= 0.6 is 0 Å². The quantitative estimate of drug-likeness (QED) is 0.573. The normalized spacial score (nSPS) is 12.4. The van der Waals surface area contributed by atoms with E-state index in [1.807, 2.05) is 32.9 Å². The number of nitrogens with zero attached hydrogens (tertiary/aromatic N) is 3. The van der Waals surface area contributed by atoms with E-state index in [9.17, 15) is 14.3 Å². The fourth-order valence-electron chi connectivity index (χ4n) is 3.93. The van der Waals surface area contributed by atoms with Crippen LogP contribution < -0.4 is 5.56 Å². The Hall–Kier alpha value is -3.25. The molecule has 0 radical (unpaired) electrons. The van der Waals surface area contributed by atoms with Gasteiger partial charge in [-0.3, -0.25) is 4.79 Å². The molecule has 29 heavy (non-hydrogen) atoms. The summed E-state index contributed by atoms with van der Waals surface area (Å²) in [5.74, 6) is -0.324. The Morgan fingerprint density at radius 2 is 1.69 bits per heavy atom. The Morgan fingerprint density at radius 1 is 1.03 bits per heavy atom. The molecule has 1 unspecified atom stereocenters. The van der Waals surface area contributed by atoms with Gasteiger partial charge < -0.3 is 9.67 Å². The van der Waals surface area contributed by atoms with E-state index in [2.05, 4.69) is 5.10 Å². The van der Waals surface area contributed by atoms with Gasteiger partial charge in [-0.25, -0.2) is 8.91 Å². The van der Waals surface area contributed by atoms with Crippen molar-refractivity contribution in [3.05, 3.63) is 93.3 Å².